The molecule has 7 heteroatoms. The third kappa shape index (κ3) is 13.7. The van der Waals surface area contributed by atoms with Crippen molar-refractivity contribution in [3.05, 3.63) is 113 Å². The SMILES string of the molecule is Brc1ccc2c(c1)Cc1cc(Br)ccc1-2.CC(C)(C)[O-].CCCCC1(CCCC)c2cc(Br)ccc2-c2ccc(Br)cc21.CCCCI.[K+]. The van der Waals surface area contributed by atoms with Gasteiger partial charge in [-0.15, -0.1) is 5.60 Å². The summed E-state index contributed by atoms with van der Waals surface area (Å²) in [6.45, 7) is 11.7. The van der Waals surface area contributed by atoms with Crippen LogP contribution in [0, 0.1) is 0 Å². The molecule has 0 N–H and O–H groups in total. The van der Waals surface area contributed by atoms with Crippen molar-refractivity contribution in [1.82, 2.24) is 0 Å². The standard InChI is InChI=1S/C21H24Br2.C13H8Br2.C4H9I.C4H9O.K/c1-3-5-11-21(12-6-4-2)19-13-15(22)7-9-17(19)18-10-8-16(23)14-20(18)21;14-10-1-3-12-8(6-10)5-9-7-11(15)2-4-13(9)12;1-2-3-4-5;1-4(2,3)5;/h7-10,13-14H,3-6,11-12H2,1-2H3;1-4,6-7H,5H2;2-4H2,1H3;1-3H3;/q;;;-1;+1. The summed E-state index contributed by atoms with van der Waals surface area (Å²) in [6.07, 6.45) is 11.3. The van der Waals surface area contributed by atoms with Crippen molar-refractivity contribution < 1.29 is 56.5 Å². The van der Waals surface area contributed by atoms with Gasteiger partial charge in [-0.3, -0.25) is 0 Å². The summed E-state index contributed by atoms with van der Waals surface area (Å²) >= 11 is 16.8. The summed E-state index contributed by atoms with van der Waals surface area (Å²) in [7, 11) is 0. The van der Waals surface area contributed by atoms with E-state index in [-0.39, 0.29) is 56.8 Å². The molecule has 0 bridgehead atoms. The number of fused-ring (bicyclic) bond motifs is 6. The minimum atomic E-state index is -0.750. The van der Waals surface area contributed by atoms with Crippen LogP contribution >= 0.6 is 86.3 Å². The van der Waals surface area contributed by atoms with Gasteiger partial charge in [0, 0.05) is 23.3 Å². The van der Waals surface area contributed by atoms with Crippen molar-refractivity contribution in [2.45, 2.75) is 110 Å². The molecule has 260 valence electrons. The average molecular weight is 1060 g/mol. The van der Waals surface area contributed by atoms with Crippen LogP contribution in [0.3, 0.4) is 0 Å². The van der Waals surface area contributed by atoms with Gasteiger partial charge in [0.2, 0.25) is 0 Å². The molecule has 2 aliphatic carbocycles. The molecule has 0 unspecified atom stereocenters. The third-order valence-electron chi connectivity index (χ3n) is 8.49. The van der Waals surface area contributed by atoms with Gasteiger partial charge in [-0.1, -0.05) is 184 Å². The monoisotopic (exact) mass is 1050 g/mol. The van der Waals surface area contributed by atoms with Crippen LogP contribution in [0.5, 0.6) is 0 Å². The van der Waals surface area contributed by atoms with Crippen molar-refractivity contribution in [1.29, 1.82) is 0 Å². The first-order valence-corrected chi connectivity index (χ1v) is 21.9. The van der Waals surface area contributed by atoms with E-state index in [1.165, 1.54) is 109 Å². The molecule has 0 fully saturated rings. The molecule has 0 atom stereocenters. The second-order valence-corrected chi connectivity index (χ2v) is 18.3. The van der Waals surface area contributed by atoms with Crippen molar-refractivity contribution in [2.24, 2.45) is 0 Å². The zero-order valence-electron chi connectivity index (χ0n) is 30.3. The Hall–Kier alpha value is 1.13. The van der Waals surface area contributed by atoms with Gasteiger partial charge in [0.1, 0.15) is 0 Å². The van der Waals surface area contributed by atoms with Crippen molar-refractivity contribution in [3.63, 3.8) is 0 Å². The van der Waals surface area contributed by atoms with E-state index in [1.807, 2.05) is 0 Å². The molecule has 4 aromatic carbocycles. The number of benzene rings is 4. The molecule has 6 rings (SSSR count). The minimum absolute atomic E-state index is 0. The maximum atomic E-state index is 10.1. The van der Waals surface area contributed by atoms with Crippen LogP contribution in [0.1, 0.15) is 115 Å². The number of hydrogen-bond donors (Lipinski definition) is 0. The van der Waals surface area contributed by atoms with E-state index in [2.05, 4.69) is 180 Å². The van der Waals surface area contributed by atoms with E-state index in [0.717, 1.165) is 15.4 Å². The van der Waals surface area contributed by atoms with Crippen LogP contribution in [0.4, 0.5) is 0 Å². The van der Waals surface area contributed by atoms with Crippen LogP contribution in [0.25, 0.3) is 22.3 Å². The van der Waals surface area contributed by atoms with Gasteiger partial charge in [-0.05, 0) is 123 Å². The van der Waals surface area contributed by atoms with E-state index in [0.29, 0.717) is 0 Å². The first-order chi connectivity index (χ1) is 22.8. The van der Waals surface area contributed by atoms with Crippen molar-refractivity contribution in [3.8, 4) is 22.3 Å². The number of halogens is 5. The van der Waals surface area contributed by atoms with Crippen LogP contribution < -0.4 is 56.5 Å². The molecular formula is C42H50Br4IKO. The van der Waals surface area contributed by atoms with Gasteiger partial charge < -0.3 is 5.11 Å². The number of rotatable bonds is 8. The number of hydrogen-bond acceptors (Lipinski definition) is 1. The topological polar surface area (TPSA) is 23.1 Å². The third-order valence-corrected chi connectivity index (χ3v) is 11.2. The molecule has 49 heavy (non-hydrogen) atoms. The molecule has 0 spiro atoms. The smallest absolute Gasteiger partial charge is 0.850 e. The molecule has 0 amide bonds. The Balaban J connectivity index is 0.000000274. The second-order valence-electron chi connectivity index (χ2n) is 13.6. The minimum Gasteiger partial charge on any atom is -0.850 e. The Labute approximate surface area is 387 Å². The normalized spacial score (nSPS) is 12.7. The first kappa shape index (κ1) is 46.3. The molecular weight excluding hydrogens is 1010 g/mol. The van der Waals surface area contributed by atoms with Gasteiger partial charge in [0.25, 0.3) is 0 Å². The van der Waals surface area contributed by atoms with Crippen LogP contribution in [-0.4, -0.2) is 10.0 Å². The van der Waals surface area contributed by atoms with E-state index in [9.17, 15) is 5.11 Å². The molecule has 0 aliphatic heterocycles. The van der Waals surface area contributed by atoms with E-state index >= 15 is 0 Å². The summed E-state index contributed by atoms with van der Waals surface area (Å²) in [5.74, 6) is 0. The average Bonchev–Trinajstić information content (AvgIpc) is 3.50. The molecule has 2 aliphatic rings. The fourth-order valence-electron chi connectivity index (χ4n) is 6.34. The molecule has 0 heterocycles. The summed E-state index contributed by atoms with van der Waals surface area (Å²) in [5.41, 5.74) is 10.9. The molecule has 1 nitrogen and oxygen atoms in total. The number of alkyl halides is 1. The molecule has 0 aromatic heterocycles. The van der Waals surface area contributed by atoms with Gasteiger partial charge >= 0.3 is 51.4 Å². The summed E-state index contributed by atoms with van der Waals surface area (Å²) in [5, 5.41) is 10.1. The van der Waals surface area contributed by atoms with Gasteiger partial charge in [0.05, 0.1) is 0 Å². The zero-order chi connectivity index (χ0) is 35.5. The van der Waals surface area contributed by atoms with Crippen LogP contribution in [0.2, 0.25) is 0 Å². The Morgan fingerprint density at radius 2 is 0.918 bits per heavy atom. The predicted molar refractivity (Wildman–Crippen MR) is 231 cm³/mol. The number of unbranched alkanes of at least 4 members (excludes halogenated alkanes) is 3. The fraction of sp³-hybridized carbons (Fsp3) is 0.429. The van der Waals surface area contributed by atoms with Gasteiger partial charge in [-0.25, -0.2) is 0 Å². The van der Waals surface area contributed by atoms with Crippen molar-refractivity contribution >= 4 is 86.3 Å². The van der Waals surface area contributed by atoms with Gasteiger partial charge in [-0.2, -0.15) is 0 Å². The Bertz CT molecular complexity index is 1510. The Morgan fingerprint density at radius 1 is 0.592 bits per heavy atom. The maximum Gasteiger partial charge on any atom is 1.00 e. The van der Waals surface area contributed by atoms with Gasteiger partial charge in [0.15, 0.2) is 0 Å². The summed E-state index contributed by atoms with van der Waals surface area (Å²) in [4.78, 5) is 0. The first-order valence-electron chi connectivity index (χ1n) is 17.2. The largest absolute Gasteiger partial charge is 1.00 e. The van der Waals surface area contributed by atoms with Crippen LogP contribution in [0.15, 0.2) is 90.7 Å². The summed E-state index contributed by atoms with van der Waals surface area (Å²) < 4.78 is 6.02. The molecule has 4 aromatic rings. The molecule has 0 saturated heterocycles. The summed E-state index contributed by atoms with van der Waals surface area (Å²) in [6, 6.07) is 26.7. The second kappa shape index (κ2) is 22.5. The van der Waals surface area contributed by atoms with E-state index in [1.54, 1.807) is 20.8 Å². The Kier molecular flexibility index (Phi) is 21.2. The predicted octanol–water partition coefficient (Wildman–Crippen LogP) is 12.0. The quantitative estimate of drug-likeness (QED) is 0.0863. The van der Waals surface area contributed by atoms with E-state index in [4.69, 9.17) is 0 Å². The molecule has 0 radical (unpaired) electrons. The van der Waals surface area contributed by atoms with Crippen molar-refractivity contribution in [2.75, 3.05) is 4.43 Å². The van der Waals surface area contributed by atoms with Crippen LogP contribution in [-0.2, 0) is 11.8 Å². The van der Waals surface area contributed by atoms with E-state index < -0.39 is 5.60 Å². The fourth-order valence-corrected chi connectivity index (χ4v) is 8.64. The maximum absolute atomic E-state index is 10.1. The Morgan fingerprint density at radius 3 is 1.22 bits per heavy atom. The zero-order valence-corrected chi connectivity index (χ0v) is 41.9. The molecule has 0 saturated carbocycles.